The average molecular weight is 255 g/mol. The predicted molar refractivity (Wildman–Crippen MR) is 77.3 cm³/mol. The van der Waals surface area contributed by atoms with Crippen LogP contribution in [0.3, 0.4) is 0 Å². The monoisotopic (exact) mass is 255 g/mol. The highest BCUT2D eigenvalue weighted by molar-refractivity contribution is 6.04. The number of rotatable bonds is 2. The number of hydrogen-bond donors (Lipinski definition) is 2. The van der Waals surface area contributed by atoms with Crippen LogP contribution in [0.5, 0.6) is 0 Å². The second kappa shape index (κ2) is 5.10. The van der Waals surface area contributed by atoms with E-state index in [1.165, 1.54) is 0 Å². The van der Waals surface area contributed by atoms with Gasteiger partial charge in [-0.05, 0) is 55.7 Å². The second-order valence-electron chi connectivity index (χ2n) is 4.73. The molecule has 3 N–H and O–H groups in total. The van der Waals surface area contributed by atoms with E-state index in [9.17, 15) is 4.79 Å². The Morgan fingerprint density at radius 2 is 1.84 bits per heavy atom. The minimum atomic E-state index is -0.163. The first kappa shape index (κ1) is 13.1. The molecular weight excluding hydrogens is 238 g/mol. The smallest absolute Gasteiger partial charge is 0.257 e. The van der Waals surface area contributed by atoms with Gasteiger partial charge in [0, 0.05) is 23.8 Å². The molecule has 1 heterocycles. The van der Waals surface area contributed by atoms with E-state index >= 15 is 0 Å². The number of aromatic nitrogens is 1. The Balaban J connectivity index is 2.27. The molecule has 0 aliphatic carbocycles. The van der Waals surface area contributed by atoms with Gasteiger partial charge < -0.3 is 11.1 Å². The lowest BCUT2D eigenvalue weighted by Crippen LogP contribution is -2.13. The van der Waals surface area contributed by atoms with Crippen LogP contribution in [0.4, 0.5) is 11.4 Å². The van der Waals surface area contributed by atoms with Gasteiger partial charge in [0.15, 0.2) is 0 Å². The van der Waals surface area contributed by atoms with Gasteiger partial charge in [-0.2, -0.15) is 0 Å². The number of pyridine rings is 1. The van der Waals surface area contributed by atoms with Crippen molar-refractivity contribution in [3.8, 4) is 0 Å². The first-order valence-corrected chi connectivity index (χ1v) is 6.07. The molecule has 0 bridgehead atoms. The highest BCUT2D eigenvalue weighted by Crippen LogP contribution is 2.22. The number of anilines is 2. The summed E-state index contributed by atoms with van der Waals surface area (Å²) in [7, 11) is 0. The number of nitrogens with zero attached hydrogens (tertiary/aromatic N) is 1. The van der Waals surface area contributed by atoms with Crippen molar-refractivity contribution in [3.63, 3.8) is 0 Å². The first-order chi connectivity index (χ1) is 8.97. The normalized spacial score (nSPS) is 10.3. The summed E-state index contributed by atoms with van der Waals surface area (Å²) >= 11 is 0. The Kier molecular flexibility index (Phi) is 3.51. The molecule has 98 valence electrons. The van der Waals surface area contributed by atoms with Gasteiger partial charge in [0.1, 0.15) is 0 Å². The molecule has 2 aromatic rings. The third kappa shape index (κ3) is 2.91. The molecule has 19 heavy (non-hydrogen) atoms. The lowest BCUT2D eigenvalue weighted by Gasteiger charge is -2.11. The molecule has 1 amide bonds. The maximum atomic E-state index is 12.1. The molecule has 0 aliphatic heterocycles. The molecule has 0 atom stereocenters. The molecule has 1 aromatic carbocycles. The van der Waals surface area contributed by atoms with E-state index in [4.69, 9.17) is 5.73 Å². The van der Waals surface area contributed by atoms with Crippen molar-refractivity contribution in [2.24, 2.45) is 0 Å². The van der Waals surface area contributed by atoms with Crippen LogP contribution < -0.4 is 11.1 Å². The first-order valence-electron chi connectivity index (χ1n) is 6.07. The van der Waals surface area contributed by atoms with Crippen LogP contribution in [0, 0.1) is 20.8 Å². The Morgan fingerprint density at radius 3 is 2.53 bits per heavy atom. The number of nitrogen functional groups attached to an aromatic ring is 1. The molecule has 2 rings (SSSR count). The minimum Gasteiger partial charge on any atom is -0.399 e. The van der Waals surface area contributed by atoms with Crippen molar-refractivity contribution in [1.29, 1.82) is 0 Å². The number of carbonyl (C=O) groups excluding carboxylic acids is 1. The summed E-state index contributed by atoms with van der Waals surface area (Å²) in [5.74, 6) is -0.163. The summed E-state index contributed by atoms with van der Waals surface area (Å²) in [5, 5.41) is 2.89. The molecule has 0 fully saturated rings. The third-order valence-electron chi connectivity index (χ3n) is 3.00. The molecule has 0 saturated carbocycles. The van der Waals surface area contributed by atoms with E-state index in [1.54, 1.807) is 12.4 Å². The van der Waals surface area contributed by atoms with Crippen LogP contribution in [0.15, 0.2) is 30.6 Å². The van der Waals surface area contributed by atoms with Crippen LogP contribution in [0.2, 0.25) is 0 Å². The fraction of sp³-hybridized carbons (Fsp3) is 0.200. The average Bonchev–Trinajstić information content (AvgIpc) is 2.36. The van der Waals surface area contributed by atoms with Crippen molar-refractivity contribution in [2.75, 3.05) is 11.1 Å². The van der Waals surface area contributed by atoms with E-state index in [1.807, 2.05) is 39.0 Å². The summed E-state index contributed by atoms with van der Waals surface area (Å²) in [5.41, 5.74) is 10.7. The van der Waals surface area contributed by atoms with Gasteiger partial charge in [-0.25, -0.2) is 0 Å². The number of aryl methyl sites for hydroxylation is 3. The summed E-state index contributed by atoms with van der Waals surface area (Å²) < 4.78 is 0. The van der Waals surface area contributed by atoms with E-state index in [2.05, 4.69) is 10.3 Å². The molecule has 1 aromatic heterocycles. The standard InChI is InChI=1S/C15H17N3O/c1-9-4-12(8-17-7-9)15(19)18-14-6-10(2)13(16)5-11(14)3/h4-8H,16H2,1-3H3,(H,18,19). The Bertz CT molecular complexity index is 635. The van der Waals surface area contributed by atoms with Crippen molar-refractivity contribution in [3.05, 3.63) is 52.8 Å². The Hall–Kier alpha value is -2.36. The van der Waals surface area contributed by atoms with Gasteiger partial charge in [0.05, 0.1) is 5.56 Å². The summed E-state index contributed by atoms with van der Waals surface area (Å²) in [4.78, 5) is 16.2. The van der Waals surface area contributed by atoms with Gasteiger partial charge in [0.2, 0.25) is 0 Å². The largest absolute Gasteiger partial charge is 0.399 e. The number of hydrogen-bond acceptors (Lipinski definition) is 3. The molecule has 0 unspecified atom stereocenters. The second-order valence-corrected chi connectivity index (χ2v) is 4.73. The molecule has 4 heteroatoms. The van der Waals surface area contributed by atoms with Crippen LogP contribution in [-0.2, 0) is 0 Å². The molecule has 0 aliphatic rings. The Labute approximate surface area is 112 Å². The predicted octanol–water partition coefficient (Wildman–Crippen LogP) is 2.84. The summed E-state index contributed by atoms with van der Waals surface area (Å²) in [6.07, 6.45) is 3.28. The zero-order valence-corrected chi connectivity index (χ0v) is 11.3. The van der Waals surface area contributed by atoms with E-state index < -0.39 is 0 Å². The topological polar surface area (TPSA) is 68.0 Å². The molecule has 4 nitrogen and oxygen atoms in total. The van der Waals surface area contributed by atoms with Gasteiger partial charge in [-0.1, -0.05) is 0 Å². The van der Waals surface area contributed by atoms with Crippen molar-refractivity contribution in [2.45, 2.75) is 20.8 Å². The molecule has 0 radical (unpaired) electrons. The van der Waals surface area contributed by atoms with Crippen LogP contribution in [0.1, 0.15) is 27.0 Å². The van der Waals surface area contributed by atoms with Crippen molar-refractivity contribution in [1.82, 2.24) is 4.98 Å². The minimum absolute atomic E-state index is 0.163. The van der Waals surface area contributed by atoms with Crippen LogP contribution >= 0.6 is 0 Å². The fourth-order valence-electron chi connectivity index (χ4n) is 1.85. The SMILES string of the molecule is Cc1cncc(C(=O)Nc2cc(C)c(N)cc2C)c1. The molecular formula is C15H17N3O. The summed E-state index contributed by atoms with van der Waals surface area (Å²) in [6, 6.07) is 5.55. The van der Waals surface area contributed by atoms with Crippen LogP contribution in [0.25, 0.3) is 0 Å². The van der Waals surface area contributed by atoms with Crippen molar-refractivity contribution < 1.29 is 4.79 Å². The zero-order chi connectivity index (χ0) is 14.0. The number of nitrogens with two attached hydrogens (primary N) is 1. The number of nitrogens with one attached hydrogen (secondary N) is 1. The maximum absolute atomic E-state index is 12.1. The fourth-order valence-corrected chi connectivity index (χ4v) is 1.85. The number of amides is 1. The quantitative estimate of drug-likeness (QED) is 0.811. The van der Waals surface area contributed by atoms with Gasteiger partial charge in [0.25, 0.3) is 5.91 Å². The lowest BCUT2D eigenvalue weighted by atomic mass is 10.1. The van der Waals surface area contributed by atoms with E-state index in [0.29, 0.717) is 5.56 Å². The maximum Gasteiger partial charge on any atom is 0.257 e. The van der Waals surface area contributed by atoms with Crippen molar-refractivity contribution >= 4 is 17.3 Å². The van der Waals surface area contributed by atoms with E-state index in [0.717, 1.165) is 28.1 Å². The van der Waals surface area contributed by atoms with E-state index in [-0.39, 0.29) is 5.91 Å². The Morgan fingerprint density at radius 1 is 1.11 bits per heavy atom. The van der Waals surface area contributed by atoms with Crippen LogP contribution in [-0.4, -0.2) is 10.9 Å². The number of carbonyl (C=O) groups is 1. The zero-order valence-electron chi connectivity index (χ0n) is 11.3. The van der Waals surface area contributed by atoms with Gasteiger partial charge >= 0.3 is 0 Å². The third-order valence-corrected chi connectivity index (χ3v) is 3.00. The van der Waals surface area contributed by atoms with Gasteiger partial charge in [-0.3, -0.25) is 9.78 Å². The number of benzene rings is 1. The molecule has 0 saturated heterocycles. The highest BCUT2D eigenvalue weighted by Gasteiger charge is 2.09. The van der Waals surface area contributed by atoms with Gasteiger partial charge in [-0.15, -0.1) is 0 Å². The highest BCUT2D eigenvalue weighted by atomic mass is 16.1. The lowest BCUT2D eigenvalue weighted by molar-refractivity contribution is 0.102. The molecule has 0 spiro atoms. The summed E-state index contributed by atoms with van der Waals surface area (Å²) in [6.45, 7) is 5.74.